The average Bonchev–Trinajstić information content (AvgIpc) is 3.36. The van der Waals surface area contributed by atoms with Crippen LogP contribution < -0.4 is 10.2 Å². The van der Waals surface area contributed by atoms with Crippen LogP contribution in [-0.2, 0) is 16.6 Å². The van der Waals surface area contributed by atoms with E-state index >= 15 is 0 Å². The van der Waals surface area contributed by atoms with E-state index in [1.165, 1.54) is 31.4 Å². The Balaban J connectivity index is 1.33. The lowest BCUT2D eigenvalue weighted by atomic mass is 9.93. The summed E-state index contributed by atoms with van der Waals surface area (Å²) in [5, 5.41) is 8.10. The molecule has 1 aliphatic carbocycles. The number of fused-ring (bicyclic) bond motifs is 1. The molecule has 0 radical (unpaired) electrons. The van der Waals surface area contributed by atoms with Gasteiger partial charge in [0.25, 0.3) is 0 Å². The van der Waals surface area contributed by atoms with E-state index < -0.39 is 0 Å². The highest BCUT2D eigenvalue weighted by molar-refractivity contribution is 6.02. The molecular formula is C23H29N5O2. The molecular weight excluding hydrogens is 378 g/mol. The van der Waals surface area contributed by atoms with Gasteiger partial charge >= 0.3 is 0 Å². The van der Waals surface area contributed by atoms with Crippen LogP contribution in [0.5, 0.6) is 0 Å². The molecule has 5 rings (SSSR count). The number of carbonyl (C=O) groups excluding carboxylic acids is 2. The van der Waals surface area contributed by atoms with Gasteiger partial charge in [-0.1, -0.05) is 5.57 Å². The van der Waals surface area contributed by atoms with Crippen LogP contribution in [0, 0.1) is 0 Å². The highest BCUT2D eigenvalue weighted by Gasteiger charge is 2.31. The van der Waals surface area contributed by atoms with E-state index in [9.17, 15) is 9.59 Å². The number of anilines is 1. The molecule has 0 spiro atoms. The molecule has 0 bridgehead atoms. The van der Waals surface area contributed by atoms with Crippen LogP contribution in [0.4, 0.5) is 5.69 Å². The van der Waals surface area contributed by atoms with Crippen molar-refractivity contribution in [3.8, 4) is 0 Å². The number of allylic oxidation sites excluding steroid dienone is 1. The summed E-state index contributed by atoms with van der Waals surface area (Å²) in [4.78, 5) is 28.7. The van der Waals surface area contributed by atoms with E-state index in [2.05, 4.69) is 44.6 Å². The van der Waals surface area contributed by atoms with Gasteiger partial charge in [-0.3, -0.25) is 19.6 Å². The number of rotatable bonds is 3. The Morgan fingerprint density at radius 3 is 2.57 bits per heavy atom. The molecule has 158 valence electrons. The fraction of sp³-hybridized carbons (Fsp3) is 0.522. The lowest BCUT2D eigenvalue weighted by Crippen LogP contribution is -2.44. The van der Waals surface area contributed by atoms with Crippen LogP contribution in [0.25, 0.3) is 10.9 Å². The maximum absolute atomic E-state index is 12.3. The summed E-state index contributed by atoms with van der Waals surface area (Å²) in [7, 11) is 1.92. The van der Waals surface area contributed by atoms with E-state index in [-0.39, 0.29) is 17.7 Å². The third kappa shape index (κ3) is 3.57. The first-order chi connectivity index (χ1) is 14.6. The van der Waals surface area contributed by atoms with Gasteiger partial charge in [-0.25, -0.2) is 0 Å². The Kier molecular flexibility index (Phi) is 4.97. The van der Waals surface area contributed by atoms with E-state index in [0.29, 0.717) is 12.8 Å². The van der Waals surface area contributed by atoms with Gasteiger partial charge in [0.05, 0.1) is 17.1 Å². The standard InChI is InChI=1S/C23H29N5O2/c1-26-20-14-17(28-12-10-27(11-13-28)15-16-4-2-3-5-16)6-7-18(20)22(25-26)19-8-9-21(29)24-23(19)30/h6-7,14-15,19H,2-5,8-13H2,1H3,(H,24,29,30). The predicted molar refractivity (Wildman–Crippen MR) is 116 cm³/mol. The highest BCUT2D eigenvalue weighted by Crippen LogP contribution is 2.32. The number of imide groups is 1. The van der Waals surface area contributed by atoms with Crippen molar-refractivity contribution in [2.24, 2.45) is 7.05 Å². The molecule has 1 aromatic heterocycles. The van der Waals surface area contributed by atoms with Crippen LogP contribution >= 0.6 is 0 Å². The Morgan fingerprint density at radius 2 is 1.83 bits per heavy atom. The molecule has 7 heteroatoms. The van der Waals surface area contributed by atoms with Crippen LogP contribution in [0.1, 0.15) is 50.1 Å². The van der Waals surface area contributed by atoms with Crippen LogP contribution in [0.3, 0.4) is 0 Å². The van der Waals surface area contributed by atoms with Crippen LogP contribution in [-0.4, -0.2) is 52.7 Å². The molecule has 3 fully saturated rings. The number of piperazine rings is 1. The number of aryl methyl sites for hydroxylation is 1. The predicted octanol–water partition coefficient (Wildman–Crippen LogP) is 2.67. The van der Waals surface area contributed by atoms with E-state index in [0.717, 1.165) is 42.8 Å². The number of hydrogen-bond acceptors (Lipinski definition) is 5. The molecule has 1 saturated carbocycles. The number of nitrogens with one attached hydrogen (secondary N) is 1. The normalized spacial score (nSPS) is 22.7. The third-order valence-electron chi connectivity index (χ3n) is 6.72. The van der Waals surface area contributed by atoms with Gasteiger partial charge in [0.1, 0.15) is 0 Å². The van der Waals surface area contributed by atoms with Crippen LogP contribution in [0.15, 0.2) is 30.0 Å². The summed E-state index contributed by atoms with van der Waals surface area (Å²) in [6.07, 6.45) is 8.53. The summed E-state index contributed by atoms with van der Waals surface area (Å²) in [5.74, 6) is -0.784. The van der Waals surface area contributed by atoms with Gasteiger partial charge < -0.3 is 9.80 Å². The molecule has 2 aromatic rings. The van der Waals surface area contributed by atoms with Gasteiger partial charge in [-0.15, -0.1) is 0 Å². The number of carbonyl (C=O) groups is 2. The first-order valence-electron chi connectivity index (χ1n) is 11.1. The van der Waals surface area contributed by atoms with E-state index in [1.54, 1.807) is 5.57 Å². The zero-order valence-electron chi connectivity index (χ0n) is 17.6. The van der Waals surface area contributed by atoms with Crippen molar-refractivity contribution < 1.29 is 9.59 Å². The molecule has 3 heterocycles. The molecule has 3 aliphatic rings. The maximum atomic E-state index is 12.3. The molecule has 1 atom stereocenters. The molecule has 2 amide bonds. The summed E-state index contributed by atoms with van der Waals surface area (Å²) in [6.45, 7) is 4.11. The smallest absolute Gasteiger partial charge is 0.235 e. The Bertz CT molecular complexity index is 1010. The second kappa shape index (κ2) is 7.78. The third-order valence-corrected chi connectivity index (χ3v) is 6.72. The van der Waals surface area contributed by atoms with Crippen molar-refractivity contribution in [2.75, 3.05) is 31.1 Å². The minimum Gasteiger partial charge on any atom is -0.374 e. The summed E-state index contributed by atoms with van der Waals surface area (Å²) in [5.41, 5.74) is 4.62. The first-order valence-corrected chi connectivity index (χ1v) is 11.1. The number of amides is 2. The van der Waals surface area contributed by atoms with Crippen molar-refractivity contribution >= 4 is 28.4 Å². The Morgan fingerprint density at radius 1 is 1.07 bits per heavy atom. The van der Waals surface area contributed by atoms with Gasteiger partial charge in [-0.2, -0.15) is 5.10 Å². The fourth-order valence-corrected chi connectivity index (χ4v) is 5.01. The van der Waals surface area contributed by atoms with Crippen molar-refractivity contribution in [3.63, 3.8) is 0 Å². The number of aromatic nitrogens is 2. The second-order valence-electron chi connectivity index (χ2n) is 8.73. The topological polar surface area (TPSA) is 70.5 Å². The lowest BCUT2D eigenvalue weighted by Gasteiger charge is -2.36. The molecule has 2 saturated heterocycles. The van der Waals surface area contributed by atoms with Crippen molar-refractivity contribution in [1.82, 2.24) is 20.0 Å². The molecule has 30 heavy (non-hydrogen) atoms. The average molecular weight is 408 g/mol. The molecule has 2 aliphatic heterocycles. The zero-order valence-corrected chi connectivity index (χ0v) is 17.6. The molecule has 1 unspecified atom stereocenters. The minimum absolute atomic E-state index is 0.193. The lowest BCUT2D eigenvalue weighted by molar-refractivity contribution is -0.134. The van der Waals surface area contributed by atoms with E-state index in [4.69, 9.17) is 0 Å². The van der Waals surface area contributed by atoms with Crippen LogP contribution in [0.2, 0.25) is 0 Å². The summed E-state index contributed by atoms with van der Waals surface area (Å²) < 4.78 is 1.86. The van der Waals surface area contributed by atoms with Gasteiger partial charge in [0.15, 0.2) is 0 Å². The maximum Gasteiger partial charge on any atom is 0.235 e. The number of nitrogens with zero attached hydrogens (tertiary/aromatic N) is 4. The van der Waals surface area contributed by atoms with E-state index in [1.807, 2.05) is 11.7 Å². The fourth-order valence-electron chi connectivity index (χ4n) is 5.01. The number of hydrogen-bond donors (Lipinski definition) is 1. The monoisotopic (exact) mass is 407 g/mol. The molecule has 1 N–H and O–H groups in total. The largest absolute Gasteiger partial charge is 0.374 e. The minimum atomic E-state index is -0.357. The number of benzene rings is 1. The molecule has 7 nitrogen and oxygen atoms in total. The van der Waals surface area contributed by atoms with Crippen molar-refractivity contribution in [2.45, 2.75) is 44.4 Å². The Hall–Kier alpha value is -2.83. The zero-order chi connectivity index (χ0) is 20.7. The van der Waals surface area contributed by atoms with Gasteiger partial charge in [0, 0.05) is 50.7 Å². The summed E-state index contributed by atoms with van der Waals surface area (Å²) in [6, 6.07) is 6.41. The van der Waals surface area contributed by atoms with Crippen molar-refractivity contribution in [3.05, 3.63) is 35.7 Å². The van der Waals surface area contributed by atoms with Gasteiger partial charge in [-0.05, 0) is 56.5 Å². The first kappa shape index (κ1) is 19.2. The molecule has 1 aromatic carbocycles. The Labute approximate surface area is 176 Å². The second-order valence-corrected chi connectivity index (χ2v) is 8.73. The van der Waals surface area contributed by atoms with Gasteiger partial charge in [0.2, 0.25) is 11.8 Å². The quantitative estimate of drug-likeness (QED) is 0.792. The highest BCUT2D eigenvalue weighted by atomic mass is 16.2. The number of piperidine rings is 1. The van der Waals surface area contributed by atoms with Crippen molar-refractivity contribution in [1.29, 1.82) is 0 Å². The summed E-state index contributed by atoms with van der Waals surface area (Å²) >= 11 is 0. The SMILES string of the molecule is Cn1nc(C2CCC(=O)NC2=O)c2ccc(N3CCN(C=C4CCCC4)CC3)cc21.